The van der Waals surface area contributed by atoms with Gasteiger partial charge in [-0.15, -0.1) is 0 Å². The van der Waals surface area contributed by atoms with Crippen molar-refractivity contribution < 1.29 is 14.3 Å². The Kier molecular flexibility index (Phi) is 5.16. The molecule has 2 heterocycles. The molecule has 0 amide bonds. The highest BCUT2D eigenvalue weighted by Crippen LogP contribution is 2.45. The van der Waals surface area contributed by atoms with E-state index in [-0.39, 0.29) is 5.78 Å². The van der Waals surface area contributed by atoms with Gasteiger partial charge < -0.3 is 19.7 Å². The number of ether oxygens (including phenoxy) is 2. The first-order valence-corrected chi connectivity index (χ1v) is 10.9. The number of rotatable bonds is 5. The molecule has 6 heteroatoms. The van der Waals surface area contributed by atoms with Crippen LogP contribution in [0.25, 0.3) is 0 Å². The highest BCUT2D eigenvalue weighted by atomic mass is 79.9. The third kappa shape index (κ3) is 3.57. The quantitative estimate of drug-likeness (QED) is 0.498. The normalized spacial score (nSPS) is 14.6. The molecule has 0 fully saturated rings. The number of allylic oxidation sites excluding steroid dienone is 1. The summed E-state index contributed by atoms with van der Waals surface area (Å²) < 4.78 is 12.2. The minimum Gasteiger partial charge on any atom is -0.497 e. The Hall–Kier alpha value is -3.25. The van der Waals surface area contributed by atoms with Crippen LogP contribution in [0.3, 0.4) is 0 Å². The van der Waals surface area contributed by atoms with E-state index in [0.29, 0.717) is 30.7 Å². The number of benzene rings is 3. The summed E-state index contributed by atoms with van der Waals surface area (Å²) in [6, 6.07) is 21.4. The molecular formula is C25H21BrN2O3. The Morgan fingerprint density at radius 1 is 1.10 bits per heavy atom. The summed E-state index contributed by atoms with van der Waals surface area (Å²) in [6.07, 6.45) is 0.481. The fourth-order valence-electron chi connectivity index (χ4n) is 4.12. The molecule has 0 spiro atoms. The van der Waals surface area contributed by atoms with E-state index < -0.39 is 0 Å². The van der Waals surface area contributed by atoms with Gasteiger partial charge in [-0.2, -0.15) is 0 Å². The van der Waals surface area contributed by atoms with Crippen molar-refractivity contribution in [3.05, 3.63) is 93.7 Å². The van der Waals surface area contributed by atoms with Gasteiger partial charge in [0.25, 0.3) is 0 Å². The first kappa shape index (κ1) is 19.7. The molecule has 2 aliphatic heterocycles. The number of carbonyl (C=O) groups excluding carboxylic acids is 1. The fourth-order valence-corrected chi connectivity index (χ4v) is 4.59. The monoisotopic (exact) mass is 476 g/mol. The van der Waals surface area contributed by atoms with Crippen molar-refractivity contribution in [1.29, 1.82) is 0 Å². The van der Waals surface area contributed by atoms with Crippen LogP contribution < -0.4 is 19.7 Å². The number of ketones is 1. The van der Waals surface area contributed by atoms with Crippen LogP contribution in [0.1, 0.15) is 15.9 Å². The predicted octanol–water partition coefficient (Wildman–Crippen LogP) is 5.42. The first-order valence-electron chi connectivity index (χ1n) is 10.1. The lowest BCUT2D eigenvalue weighted by molar-refractivity contribution is 0.102. The number of methoxy groups -OCH3 is 1. The second-order valence-corrected chi connectivity index (χ2v) is 8.29. The summed E-state index contributed by atoms with van der Waals surface area (Å²) in [6.45, 7) is 1.17. The Labute approximate surface area is 189 Å². The predicted molar refractivity (Wildman–Crippen MR) is 125 cm³/mol. The maximum Gasteiger partial charge on any atom is 0.194 e. The minimum atomic E-state index is -0.00702. The van der Waals surface area contributed by atoms with Crippen molar-refractivity contribution in [3.8, 4) is 11.5 Å². The molecule has 2 aliphatic rings. The topological polar surface area (TPSA) is 50.8 Å². The van der Waals surface area contributed by atoms with E-state index in [0.717, 1.165) is 38.7 Å². The molecule has 5 nitrogen and oxygen atoms in total. The van der Waals surface area contributed by atoms with E-state index >= 15 is 0 Å². The largest absolute Gasteiger partial charge is 0.497 e. The van der Waals surface area contributed by atoms with Crippen LogP contribution in [0.5, 0.6) is 11.5 Å². The lowest BCUT2D eigenvalue weighted by Crippen LogP contribution is -2.40. The number of anilines is 2. The van der Waals surface area contributed by atoms with Crippen molar-refractivity contribution in [2.45, 2.75) is 6.42 Å². The molecule has 0 saturated heterocycles. The molecule has 31 heavy (non-hydrogen) atoms. The molecule has 3 aromatic rings. The average molecular weight is 477 g/mol. The van der Waals surface area contributed by atoms with Crippen molar-refractivity contribution in [1.82, 2.24) is 0 Å². The summed E-state index contributed by atoms with van der Waals surface area (Å²) in [4.78, 5) is 15.9. The molecule has 0 saturated carbocycles. The van der Waals surface area contributed by atoms with Gasteiger partial charge in [-0.1, -0.05) is 46.3 Å². The van der Waals surface area contributed by atoms with Gasteiger partial charge in [0.1, 0.15) is 23.9 Å². The highest BCUT2D eigenvalue weighted by molar-refractivity contribution is 9.10. The molecule has 5 rings (SSSR count). The van der Waals surface area contributed by atoms with Crippen LogP contribution in [0.2, 0.25) is 0 Å². The van der Waals surface area contributed by atoms with Gasteiger partial charge >= 0.3 is 0 Å². The van der Waals surface area contributed by atoms with Gasteiger partial charge in [0.15, 0.2) is 5.78 Å². The van der Waals surface area contributed by atoms with E-state index in [4.69, 9.17) is 9.47 Å². The summed E-state index contributed by atoms with van der Waals surface area (Å²) in [5.41, 5.74) is 4.30. The molecule has 0 bridgehead atoms. The number of Topliss-reactive ketones (excluding diaryl/α,β-unsaturated/α-hetero) is 1. The van der Waals surface area contributed by atoms with Crippen molar-refractivity contribution in [2.24, 2.45) is 0 Å². The van der Waals surface area contributed by atoms with Gasteiger partial charge in [-0.05, 0) is 35.9 Å². The molecule has 0 atom stereocenters. The van der Waals surface area contributed by atoms with Crippen molar-refractivity contribution in [2.75, 3.05) is 30.5 Å². The van der Waals surface area contributed by atoms with Crippen LogP contribution in [0, 0.1) is 0 Å². The Morgan fingerprint density at radius 3 is 2.65 bits per heavy atom. The molecule has 0 unspecified atom stereocenters. The van der Waals surface area contributed by atoms with E-state index in [1.165, 1.54) is 0 Å². The lowest BCUT2D eigenvalue weighted by atomic mass is 9.91. The van der Waals surface area contributed by atoms with Gasteiger partial charge in [-0.3, -0.25) is 4.79 Å². The lowest BCUT2D eigenvalue weighted by Gasteiger charge is -2.39. The smallest absolute Gasteiger partial charge is 0.194 e. The Morgan fingerprint density at radius 2 is 1.87 bits per heavy atom. The number of nitrogens with one attached hydrogen (secondary N) is 1. The number of hydrogen-bond donors (Lipinski definition) is 1. The van der Waals surface area contributed by atoms with E-state index in [1.807, 2.05) is 66.7 Å². The Balaban J connectivity index is 1.68. The summed E-state index contributed by atoms with van der Waals surface area (Å²) in [5.74, 6) is 2.30. The number of halogens is 1. The molecule has 0 aromatic heterocycles. The van der Waals surface area contributed by atoms with E-state index in [1.54, 1.807) is 7.11 Å². The standard InChI is InChI=1S/C25H21BrN2O3/c1-30-18-13-16-14-20(24(29)19-9-5-6-10-21(19)26)25(27-17-7-3-2-4-8-17)28-11-12-31-22(15-18)23(16)28/h2-10,13,15,27H,11-12,14H2,1H3. The summed E-state index contributed by atoms with van der Waals surface area (Å²) >= 11 is 3.54. The molecular weight excluding hydrogens is 456 g/mol. The number of hydrogen-bond acceptors (Lipinski definition) is 5. The number of para-hydroxylation sites is 1. The second kappa shape index (κ2) is 8.12. The molecule has 3 aromatic carbocycles. The maximum absolute atomic E-state index is 13.7. The summed E-state index contributed by atoms with van der Waals surface area (Å²) in [5, 5.41) is 3.52. The van der Waals surface area contributed by atoms with Crippen LogP contribution in [0.15, 0.2) is 82.6 Å². The zero-order chi connectivity index (χ0) is 21.4. The van der Waals surface area contributed by atoms with Crippen LogP contribution >= 0.6 is 15.9 Å². The van der Waals surface area contributed by atoms with Gasteiger partial charge in [0.2, 0.25) is 0 Å². The van der Waals surface area contributed by atoms with Gasteiger partial charge in [0, 0.05) is 33.8 Å². The van der Waals surface area contributed by atoms with E-state index in [2.05, 4.69) is 26.1 Å². The molecule has 0 radical (unpaired) electrons. The maximum atomic E-state index is 13.7. The van der Waals surface area contributed by atoms with Crippen LogP contribution in [-0.2, 0) is 6.42 Å². The van der Waals surface area contributed by atoms with Crippen LogP contribution in [0.4, 0.5) is 11.4 Å². The highest BCUT2D eigenvalue weighted by Gasteiger charge is 2.34. The summed E-state index contributed by atoms with van der Waals surface area (Å²) in [7, 11) is 1.64. The van der Waals surface area contributed by atoms with Gasteiger partial charge in [-0.25, -0.2) is 0 Å². The first-order chi connectivity index (χ1) is 15.2. The SMILES string of the molecule is COc1cc2c3c(c1)OCCN3C(Nc1ccccc1)=C(C(=O)c1ccccc1Br)C2. The third-order valence-electron chi connectivity index (χ3n) is 5.56. The van der Waals surface area contributed by atoms with Crippen molar-refractivity contribution in [3.63, 3.8) is 0 Å². The van der Waals surface area contributed by atoms with Crippen LogP contribution in [-0.4, -0.2) is 26.0 Å². The third-order valence-corrected chi connectivity index (χ3v) is 6.25. The number of nitrogens with zero attached hydrogens (tertiary/aromatic N) is 1. The molecule has 1 N–H and O–H groups in total. The average Bonchev–Trinajstić information content (AvgIpc) is 2.81. The Bertz CT molecular complexity index is 1190. The van der Waals surface area contributed by atoms with Gasteiger partial charge in [0.05, 0.1) is 19.3 Å². The zero-order valence-electron chi connectivity index (χ0n) is 17.0. The molecule has 156 valence electrons. The second-order valence-electron chi connectivity index (χ2n) is 7.44. The molecule has 0 aliphatic carbocycles. The number of carbonyl (C=O) groups is 1. The zero-order valence-corrected chi connectivity index (χ0v) is 18.6. The van der Waals surface area contributed by atoms with Crippen molar-refractivity contribution >= 4 is 33.1 Å². The van der Waals surface area contributed by atoms with E-state index in [9.17, 15) is 4.79 Å². The fraction of sp³-hybridized carbons (Fsp3) is 0.160. The minimum absolute atomic E-state index is 0.00702.